The number of aromatic nitrogens is 1. The van der Waals surface area contributed by atoms with Crippen LogP contribution in [0.1, 0.15) is 33.9 Å². The van der Waals surface area contributed by atoms with Crippen LogP contribution in [0, 0.1) is 13.8 Å². The highest BCUT2D eigenvalue weighted by Gasteiger charge is 2.46. The van der Waals surface area contributed by atoms with Gasteiger partial charge < -0.3 is 10.0 Å². The van der Waals surface area contributed by atoms with E-state index in [-0.39, 0.29) is 17.9 Å². The summed E-state index contributed by atoms with van der Waals surface area (Å²) < 4.78 is 0.852. The summed E-state index contributed by atoms with van der Waals surface area (Å²) >= 11 is 3.37. The lowest BCUT2D eigenvalue weighted by atomic mass is 9.95. The summed E-state index contributed by atoms with van der Waals surface area (Å²) in [4.78, 5) is 31.8. The largest absolute Gasteiger partial charge is 0.507 e. The van der Waals surface area contributed by atoms with Gasteiger partial charge in [0, 0.05) is 29.0 Å². The Morgan fingerprint density at radius 1 is 1.03 bits per heavy atom. The van der Waals surface area contributed by atoms with Crippen molar-refractivity contribution in [3.63, 3.8) is 0 Å². The standard InChI is InChI=1S/C25H21BrN2O3/c1-15-3-4-16(2)19(13-15)14-28-22(17-9-11-27-12-10-17)21(24(30)25(28)31)23(29)18-5-7-20(26)8-6-18/h3-13,22,29H,14H2,1-2H3/b23-21+. The van der Waals surface area contributed by atoms with Gasteiger partial charge in [0.05, 0.1) is 11.6 Å². The maximum absolute atomic E-state index is 13.1. The summed E-state index contributed by atoms with van der Waals surface area (Å²) in [5, 5.41) is 11.1. The highest BCUT2D eigenvalue weighted by molar-refractivity contribution is 9.10. The summed E-state index contributed by atoms with van der Waals surface area (Å²) in [6, 6.07) is 15.8. The zero-order valence-corrected chi connectivity index (χ0v) is 18.8. The van der Waals surface area contributed by atoms with Gasteiger partial charge in [0.2, 0.25) is 0 Å². The number of nitrogens with zero attached hydrogens (tertiary/aromatic N) is 2. The number of amides is 1. The Morgan fingerprint density at radius 2 is 1.71 bits per heavy atom. The number of Topliss-reactive ketones (excluding diaryl/α,β-unsaturated/α-hetero) is 1. The van der Waals surface area contributed by atoms with Crippen LogP contribution in [-0.4, -0.2) is 26.7 Å². The quantitative estimate of drug-likeness (QED) is 0.323. The normalized spacial score (nSPS) is 17.9. The monoisotopic (exact) mass is 476 g/mol. The second kappa shape index (κ2) is 8.47. The van der Waals surface area contributed by atoms with Gasteiger partial charge in [-0.2, -0.15) is 0 Å². The fourth-order valence-electron chi connectivity index (χ4n) is 3.85. The molecule has 1 amide bonds. The van der Waals surface area contributed by atoms with Gasteiger partial charge in [-0.15, -0.1) is 0 Å². The Hall–Kier alpha value is -3.25. The Kier molecular flexibility index (Phi) is 5.74. The van der Waals surface area contributed by atoms with Crippen LogP contribution in [0.15, 0.2) is 77.0 Å². The molecule has 156 valence electrons. The Bertz CT molecular complexity index is 1190. The fraction of sp³-hybridized carbons (Fsp3) is 0.160. The number of rotatable bonds is 4. The Morgan fingerprint density at radius 3 is 2.39 bits per heavy atom. The predicted molar refractivity (Wildman–Crippen MR) is 122 cm³/mol. The number of aliphatic hydroxyl groups excluding tert-OH is 1. The molecule has 3 aromatic rings. The van der Waals surface area contributed by atoms with Gasteiger partial charge in [-0.05, 0) is 54.8 Å². The highest BCUT2D eigenvalue weighted by Crippen LogP contribution is 2.40. The highest BCUT2D eigenvalue weighted by atomic mass is 79.9. The number of pyridine rings is 1. The molecule has 1 atom stereocenters. The number of hydrogen-bond donors (Lipinski definition) is 1. The third kappa shape index (κ3) is 4.03. The number of likely N-dealkylation sites (tertiary alicyclic amines) is 1. The Labute approximate surface area is 189 Å². The molecule has 0 aliphatic carbocycles. The topological polar surface area (TPSA) is 70.5 Å². The van der Waals surface area contributed by atoms with Crippen molar-refractivity contribution in [3.05, 3.63) is 105 Å². The number of benzene rings is 2. The van der Waals surface area contributed by atoms with E-state index < -0.39 is 17.7 Å². The molecule has 1 aromatic heterocycles. The predicted octanol–water partition coefficient (Wildman–Crippen LogP) is 5.08. The molecule has 31 heavy (non-hydrogen) atoms. The van der Waals surface area contributed by atoms with Gasteiger partial charge in [0.25, 0.3) is 11.7 Å². The van der Waals surface area contributed by atoms with Crippen LogP contribution >= 0.6 is 15.9 Å². The third-order valence-electron chi connectivity index (χ3n) is 5.52. The number of hydrogen-bond acceptors (Lipinski definition) is 4. The molecule has 1 N–H and O–H groups in total. The molecule has 0 spiro atoms. The van der Waals surface area contributed by atoms with Crippen LogP contribution < -0.4 is 0 Å². The first-order valence-electron chi connectivity index (χ1n) is 9.87. The van der Waals surface area contributed by atoms with Crippen molar-refractivity contribution in [3.8, 4) is 0 Å². The molecule has 1 aliphatic heterocycles. The molecular formula is C25H21BrN2O3. The minimum Gasteiger partial charge on any atom is -0.507 e. The van der Waals surface area contributed by atoms with Crippen LogP contribution in [-0.2, 0) is 16.1 Å². The first-order valence-corrected chi connectivity index (χ1v) is 10.7. The number of halogens is 1. The van der Waals surface area contributed by atoms with Gasteiger partial charge in [0.15, 0.2) is 0 Å². The molecule has 1 aliphatic rings. The zero-order valence-electron chi connectivity index (χ0n) is 17.2. The summed E-state index contributed by atoms with van der Waals surface area (Å²) in [7, 11) is 0. The van der Waals surface area contributed by atoms with Crippen LogP contribution in [0.3, 0.4) is 0 Å². The number of aliphatic hydroxyl groups is 1. The molecule has 2 aromatic carbocycles. The van der Waals surface area contributed by atoms with E-state index in [9.17, 15) is 14.7 Å². The Balaban J connectivity index is 1.86. The first kappa shape index (κ1) is 21.0. The molecule has 1 unspecified atom stereocenters. The molecule has 0 saturated carbocycles. The lowest BCUT2D eigenvalue weighted by Gasteiger charge is -2.26. The van der Waals surface area contributed by atoms with Gasteiger partial charge in [-0.1, -0.05) is 51.8 Å². The maximum atomic E-state index is 13.1. The number of carbonyl (C=O) groups excluding carboxylic acids is 2. The molecule has 4 rings (SSSR count). The second-order valence-corrected chi connectivity index (χ2v) is 8.56. The van der Waals surface area contributed by atoms with E-state index in [0.29, 0.717) is 5.56 Å². The smallest absolute Gasteiger partial charge is 0.295 e. The van der Waals surface area contributed by atoms with E-state index in [1.807, 2.05) is 32.0 Å². The maximum Gasteiger partial charge on any atom is 0.295 e. The molecule has 0 bridgehead atoms. The van der Waals surface area contributed by atoms with Gasteiger partial charge in [-0.3, -0.25) is 14.6 Å². The summed E-state index contributed by atoms with van der Waals surface area (Å²) in [5.74, 6) is -1.50. The number of carbonyl (C=O) groups is 2. The van der Waals surface area contributed by atoms with E-state index in [1.54, 1.807) is 48.8 Å². The van der Waals surface area contributed by atoms with E-state index >= 15 is 0 Å². The molecule has 5 nitrogen and oxygen atoms in total. The first-order chi connectivity index (χ1) is 14.9. The van der Waals surface area contributed by atoms with E-state index in [2.05, 4.69) is 20.9 Å². The molecule has 2 heterocycles. The summed E-state index contributed by atoms with van der Waals surface area (Å²) in [5.41, 5.74) is 4.36. The number of aryl methyl sites for hydroxylation is 2. The minimum atomic E-state index is -0.702. The lowest BCUT2D eigenvalue weighted by molar-refractivity contribution is -0.140. The summed E-state index contributed by atoms with van der Waals surface area (Å²) in [6.07, 6.45) is 3.24. The van der Waals surface area contributed by atoms with Crippen LogP contribution in [0.4, 0.5) is 0 Å². The van der Waals surface area contributed by atoms with E-state index in [0.717, 1.165) is 26.7 Å². The van der Waals surface area contributed by atoms with Crippen molar-refractivity contribution >= 4 is 33.4 Å². The van der Waals surface area contributed by atoms with Crippen molar-refractivity contribution in [2.75, 3.05) is 0 Å². The van der Waals surface area contributed by atoms with Crippen molar-refractivity contribution in [2.24, 2.45) is 0 Å². The third-order valence-corrected chi connectivity index (χ3v) is 6.05. The van der Waals surface area contributed by atoms with Crippen LogP contribution in [0.25, 0.3) is 5.76 Å². The van der Waals surface area contributed by atoms with Gasteiger partial charge in [0.1, 0.15) is 5.76 Å². The molecule has 0 radical (unpaired) electrons. The minimum absolute atomic E-state index is 0.0869. The molecule has 6 heteroatoms. The van der Waals surface area contributed by atoms with Crippen molar-refractivity contribution in [1.82, 2.24) is 9.88 Å². The van der Waals surface area contributed by atoms with Gasteiger partial charge in [-0.25, -0.2) is 0 Å². The molecule has 1 saturated heterocycles. The van der Waals surface area contributed by atoms with Gasteiger partial charge >= 0.3 is 0 Å². The number of ketones is 1. The zero-order chi connectivity index (χ0) is 22.1. The molecule has 1 fully saturated rings. The average molecular weight is 477 g/mol. The lowest BCUT2D eigenvalue weighted by Crippen LogP contribution is -2.29. The van der Waals surface area contributed by atoms with E-state index in [4.69, 9.17) is 0 Å². The summed E-state index contributed by atoms with van der Waals surface area (Å²) in [6.45, 7) is 4.24. The molecular weight excluding hydrogens is 456 g/mol. The second-order valence-electron chi connectivity index (χ2n) is 7.64. The van der Waals surface area contributed by atoms with Crippen molar-refractivity contribution in [1.29, 1.82) is 0 Å². The SMILES string of the molecule is Cc1ccc(C)c(CN2C(=O)C(=O)/C(=C(/O)c3ccc(Br)cc3)C2c2ccncc2)c1. The average Bonchev–Trinajstić information content (AvgIpc) is 3.02. The van der Waals surface area contributed by atoms with Crippen LogP contribution in [0.5, 0.6) is 0 Å². The van der Waals surface area contributed by atoms with E-state index in [1.165, 1.54) is 4.90 Å². The fourth-order valence-corrected chi connectivity index (χ4v) is 4.12. The van der Waals surface area contributed by atoms with Crippen LogP contribution in [0.2, 0.25) is 0 Å². The van der Waals surface area contributed by atoms with Crippen molar-refractivity contribution < 1.29 is 14.7 Å². The van der Waals surface area contributed by atoms with Crippen molar-refractivity contribution in [2.45, 2.75) is 26.4 Å².